The number of thioether (sulfide) groups is 1. The molecule has 1 aliphatic rings. The third-order valence-electron chi connectivity index (χ3n) is 4.10. The van der Waals surface area contributed by atoms with Crippen LogP contribution in [0.15, 0.2) is 24.3 Å². The molecule has 0 N–H and O–H groups in total. The maximum absolute atomic E-state index is 12.1. The number of hydrogen-bond acceptors (Lipinski definition) is 5. The first kappa shape index (κ1) is 17.7. The maximum atomic E-state index is 12.1. The molecular formula is C16H23N3O3S. The SMILES string of the molecule is CCN(CC)CCCN1C(=O)CS[C@H]1c1cccc([N+](=O)[O-])c1. The second kappa shape index (κ2) is 8.31. The molecule has 1 fully saturated rings. The Balaban J connectivity index is 2.04. The summed E-state index contributed by atoms with van der Waals surface area (Å²) < 4.78 is 0. The summed E-state index contributed by atoms with van der Waals surface area (Å²) in [5.74, 6) is 0.560. The number of hydrogen-bond donors (Lipinski definition) is 0. The topological polar surface area (TPSA) is 66.7 Å². The van der Waals surface area contributed by atoms with Gasteiger partial charge in [0.05, 0.1) is 10.7 Å². The molecule has 23 heavy (non-hydrogen) atoms. The highest BCUT2D eigenvalue weighted by molar-refractivity contribution is 8.00. The molecule has 126 valence electrons. The summed E-state index contributed by atoms with van der Waals surface area (Å²) in [4.78, 5) is 26.9. The van der Waals surface area contributed by atoms with Crippen LogP contribution in [0.1, 0.15) is 31.2 Å². The number of carbonyl (C=O) groups is 1. The van der Waals surface area contributed by atoms with Crippen molar-refractivity contribution in [3.05, 3.63) is 39.9 Å². The number of amides is 1. The first-order chi connectivity index (χ1) is 11.1. The Morgan fingerprint density at radius 1 is 1.39 bits per heavy atom. The fourth-order valence-corrected chi connectivity index (χ4v) is 3.98. The van der Waals surface area contributed by atoms with Gasteiger partial charge in [-0.05, 0) is 31.6 Å². The smallest absolute Gasteiger partial charge is 0.269 e. The Labute approximate surface area is 141 Å². The van der Waals surface area contributed by atoms with Crippen molar-refractivity contribution in [1.82, 2.24) is 9.80 Å². The van der Waals surface area contributed by atoms with E-state index in [0.717, 1.165) is 31.6 Å². The van der Waals surface area contributed by atoms with Crippen LogP contribution in [0, 0.1) is 10.1 Å². The molecule has 6 nitrogen and oxygen atoms in total. The summed E-state index contributed by atoms with van der Waals surface area (Å²) in [7, 11) is 0. The zero-order valence-corrected chi connectivity index (χ0v) is 14.4. The number of nitro benzene ring substituents is 1. The molecule has 0 unspecified atom stereocenters. The van der Waals surface area contributed by atoms with Crippen molar-refractivity contribution < 1.29 is 9.72 Å². The molecule has 1 aromatic carbocycles. The molecule has 0 saturated carbocycles. The fourth-order valence-electron chi connectivity index (χ4n) is 2.77. The van der Waals surface area contributed by atoms with Gasteiger partial charge in [-0.1, -0.05) is 26.0 Å². The van der Waals surface area contributed by atoms with Crippen molar-refractivity contribution in [2.24, 2.45) is 0 Å². The average Bonchev–Trinajstić information content (AvgIpc) is 2.92. The van der Waals surface area contributed by atoms with E-state index >= 15 is 0 Å². The number of rotatable bonds is 8. The fraction of sp³-hybridized carbons (Fsp3) is 0.562. The van der Waals surface area contributed by atoms with Gasteiger partial charge in [0.25, 0.3) is 5.69 Å². The molecular weight excluding hydrogens is 314 g/mol. The van der Waals surface area contributed by atoms with Crippen molar-refractivity contribution in [2.75, 3.05) is 31.9 Å². The summed E-state index contributed by atoms with van der Waals surface area (Å²) in [6.07, 6.45) is 0.916. The average molecular weight is 337 g/mol. The van der Waals surface area contributed by atoms with Crippen molar-refractivity contribution in [3.63, 3.8) is 0 Å². The van der Waals surface area contributed by atoms with Gasteiger partial charge in [0.1, 0.15) is 5.37 Å². The largest absolute Gasteiger partial charge is 0.326 e. The van der Waals surface area contributed by atoms with Crippen LogP contribution in [0.4, 0.5) is 5.69 Å². The molecule has 1 atom stereocenters. The summed E-state index contributed by atoms with van der Waals surface area (Å²) in [6.45, 7) is 7.93. The van der Waals surface area contributed by atoms with Crippen LogP contribution >= 0.6 is 11.8 Å². The normalized spacial score (nSPS) is 18.0. The lowest BCUT2D eigenvalue weighted by molar-refractivity contribution is -0.384. The first-order valence-electron chi connectivity index (χ1n) is 7.94. The molecule has 7 heteroatoms. The minimum absolute atomic E-state index is 0.0746. The molecule has 1 aromatic rings. The second-order valence-corrected chi connectivity index (χ2v) is 6.55. The number of nitrogens with zero attached hydrogens (tertiary/aromatic N) is 3. The van der Waals surface area contributed by atoms with Crippen LogP contribution in [0.25, 0.3) is 0 Å². The van der Waals surface area contributed by atoms with E-state index in [4.69, 9.17) is 0 Å². The van der Waals surface area contributed by atoms with Gasteiger partial charge in [0, 0.05) is 18.7 Å². The van der Waals surface area contributed by atoms with Gasteiger partial charge >= 0.3 is 0 Å². The van der Waals surface area contributed by atoms with Crippen LogP contribution in [0.3, 0.4) is 0 Å². The zero-order valence-electron chi connectivity index (χ0n) is 13.6. The van der Waals surface area contributed by atoms with Crippen molar-refractivity contribution in [3.8, 4) is 0 Å². The highest BCUT2D eigenvalue weighted by atomic mass is 32.2. The molecule has 0 aliphatic carbocycles. The molecule has 1 saturated heterocycles. The molecule has 1 heterocycles. The Kier molecular flexibility index (Phi) is 6.41. The lowest BCUT2D eigenvalue weighted by Crippen LogP contribution is -2.32. The van der Waals surface area contributed by atoms with E-state index in [1.54, 1.807) is 23.9 Å². The summed E-state index contributed by atoms with van der Waals surface area (Å²) in [5.41, 5.74) is 0.906. The number of nitro groups is 1. The van der Waals surface area contributed by atoms with Gasteiger partial charge in [-0.25, -0.2) is 0 Å². The Hall–Kier alpha value is -1.60. The standard InChI is InChI=1S/C16H23N3O3S/c1-3-17(4-2)9-6-10-18-15(20)12-23-16(18)13-7-5-8-14(11-13)19(21)22/h5,7-8,11,16H,3-4,6,9-10,12H2,1-2H3/t16-/m0/s1. The molecule has 2 rings (SSSR count). The van der Waals surface area contributed by atoms with Crippen LogP contribution in [0.5, 0.6) is 0 Å². The number of carbonyl (C=O) groups excluding carboxylic acids is 1. The summed E-state index contributed by atoms with van der Waals surface area (Å²) >= 11 is 1.54. The highest BCUT2D eigenvalue weighted by Gasteiger charge is 2.33. The van der Waals surface area contributed by atoms with Crippen molar-refractivity contribution >= 4 is 23.4 Å². The predicted octanol–water partition coefficient (Wildman–Crippen LogP) is 2.90. The van der Waals surface area contributed by atoms with Crippen LogP contribution in [0.2, 0.25) is 0 Å². The molecule has 1 amide bonds. The van der Waals surface area contributed by atoms with Crippen LogP contribution < -0.4 is 0 Å². The van der Waals surface area contributed by atoms with Gasteiger partial charge in [-0.15, -0.1) is 11.8 Å². The predicted molar refractivity (Wildman–Crippen MR) is 92.4 cm³/mol. The lowest BCUT2D eigenvalue weighted by atomic mass is 10.2. The molecule has 0 aromatic heterocycles. The van der Waals surface area contributed by atoms with Gasteiger partial charge < -0.3 is 9.80 Å². The van der Waals surface area contributed by atoms with E-state index in [1.807, 2.05) is 11.0 Å². The Morgan fingerprint density at radius 2 is 2.13 bits per heavy atom. The molecule has 0 radical (unpaired) electrons. The highest BCUT2D eigenvalue weighted by Crippen LogP contribution is 2.39. The third-order valence-corrected chi connectivity index (χ3v) is 5.36. The molecule has 0 bridgehead atoms. The van der Waals surface area contributed by atoms with E-state index in [2.05, 4.69) is 18.7 Å². The van der Waals surface area contributed by atoms with E-state index in [-0.39, 0.29) is 17.0 Å². The van der Waals surface area contributed by atoms with Gasteiger partial charge in [-0.2, -0.15) is 0 Å². The van der Waals surface area contributed by atoms with Crippen LogP contribution in [-0.2, 0) is 4.79 Å². The zero-order chi connectivity index (χ0) is 16.8. The van der Waals surface area contributed by atoms with Crippen molar-refractivity contribution in [2.45, 2.75) is 25.6 Å². The van der Waals surface area contributed by atoms with E-state index < -0.39 is 4.92 Å². The summed E-state index contributed by atoms with van der Waals surface area (Å²) in [5, 5.41) is 10.8. The van der Waals surface area contributed by atoms with E-state index in [0.29, 0.717) is 12.3 Å². The quantitative estimate of drug-likeness (QED) is 0.539. The number of benzene rings is 1. The Morgan fingerprint density at radius 3 is 2.78 bits per heavy atom. The molecule has 0 spiro atoms. The minimum Gasteiger partial charge on any atom is -0.326 e. The van der Waals surface area contributed by atoms with E-state index in [9.17, 15) is 14.9 Å². The lowest BCUT2D eigenvalue weighted by Gasteiger charge is -2.26. The first-order valence-corrected chi connectivity index (χ1v) is 8.99. The van der Waals surface area contributed by atoms with Gasteiger partial charge in [0.15, 0.2) is 0 Å². The van der Waals surface area contributed by atoms with Crippen molar-refractivity contribution in [1.29, 1.82) is 0 Å². The summed E-state index contributed by atoms with van der Waals surface area (Å²) in [6, 6.07) is 6.61. The molecule has 1 aliphatic heterocycles. The second-order valence-electron chi connectivity index (χ2n) is 5.48. The van der Waals surface area contributed by atoms with E-state index in [1.165, 1.54) is 6.07 Å². The van der Waals surface area contributed by atoms with Crippen LogP contribution in [-0.4, -0.2) is 52.6 Å². The maximum Gasteiger partial charge on any atom is 0.269 e. The van der Waals surface area contributed by atoms with Gasteiger partial charge in [-0.3, -0.25) is 14.9 Å². The van der Waals surface area contributed by atoms with Gasteiger partial charge in [0.2, 0.25) is 5.91 Å². The minimum atomic E-state index is -0.393. The third kappa shape index (κ3) is 4.45. The number of non-ortho nitro benzene ring substituents is 1. The monoisotopic (exact) mass is 337 g/mol. The Bertz CT molecular complexity index is 563.